The van der Waals surface area contributed by atoms with Gasteiger partial charge in [-0.1, -0.05) is 37.3 Å². The molecule has 3 atom stereocenters. The first kappa shape index (κ1) is 13.1. The molecule has 2 N–H and O–H groups in total. The molecule has 0 saturated carbocycles. The first-order chi connectivity index (χ1) is 8.58. The summed E-state index contributed by atoms with van der Waals surface area (Å²) < 4.78 is 0. The molecule has 0 spiro atoms. The summed E-state index contributed by atoms with van der Waals surface area (Å²) in [5.74, 6) is 0.618. The number of nitrogens with zero attached hydrogens (tertiary/aromatic N) is 1. The lowest BCUT2D eigenvalue weighted by atomic mass is 9.93. The van der Waals surface area contributed by atoms with E-state index in [-0.39, 0.29) is 17.9 Å². The van der Waals surface area contributed by atoms with Crippen LogP contribution < -0.4 is 5.73 Å². The summed E-state index contributed by atoms with van der Waals surface area (Å²) in [6.45, 7) is 5.67. The summed E-state index contributed by atoms with van der Waals surface area (Å²) >= 11 is 0. The van der Waals surface area contributed by atoms with Crippen LogP contribution >= 0.6 is 0 Å². The fourth-order valence-corrected chi connectivity index (χ4v) is 2.74. The van der Waals surface area contributed by atoms with Gasteiger partial charge in [0.1, 0.15) is 0 Å². The molecular weight excluding hydrogens is 224 g/mol. The number of nitrogens with two attached hydrogens (primary N) is 1. The molecule has 0 aliphatic carbocycles. The molecule has 1 aliphatic rings. The van der Waals surface area contributed by atoms with Crippen LogP contribution in [-0.2, 0) is 4.79 Å². The summed E-state index contributed by atoms with van der Waals surface area (Å²) in [6.07, 6.45) is 1.02. The highest BCUT2D eigenvalue weighted by atomic mass is 16.2. The van der Waals surface area contributed by atoms with Crippen molar-refractivity contribution >= 4 is 5.91 Å². The highest BCUT2D eigenvalue weighted by Crippen LogP contribution is 2.22. The topological polar surface area (TPSA) is 46.3 Å². The Morgan fingerprint density at radius 2 is 2.00 bits per heavy atom. The Bertz CT molecular complexity index is 394. The number of hydrogen-bond acceptors (Lipinski definition) is 2. The average molecular weight is 246 g/mol. The molecule has 1 saturated heterocycles. The van der Waals surface area contributed by atoms with Gasteiger partial charge >= 0.3 is 0 Å². The highest BCUT2D eigenvalue weighted by molar-refractivity contribution is 5.83. The number of hydrogen-bond donors (Lipinski definition) is 1. The normalized spacial score (nSPS) is 25.8. The zero-order valence-electron chi connectivity index (χ0n) is 11.2. The molecular formula is C15H22N2O. The van der Waals surface area contributed by atoms with E-state index >= 15 is 0 Å². The number of carbonyl (C=O) groups is 1. The van der Waals surface area contributed by atoms with Crippen LogP contribution in [0.15, 0.2) is 30.3 Å². The van der Waals surface area contributed by atoms with Crippen molar-refractivity contribution in [2.24, 2.45) is 11.7 Å². The van der Waals surface area contributed by atoms with Crippen LogP contribution in [0.5, 0.6) is 0 Å². The molecule has 18 heavy (non-hydrogen) atoms. The largest absolute Gasteiger partial charge is 0.340 e. The Hall–Kier alpha value is -1.35. The molecule has 0 aromatic heterocycles. The Balaban J connectivity index is 2.07. The van der Waals surface area contributed by atoms with Crippen LogP contribution in [0.4, 0.5) is 0 Å². The predicted molar refractivity (Wildman–Crippen MR) is 73.2 cm³/mol. The number of amides is 1. The van der Waals surface area contributed by atoms with Crippen LogP contribution in [0.25, 0.3) is 0 Å². The molecule has 98 valence electrons. The van der Waals surface area contributed by atoms with Crippen LogP contribution in [0.1, 0.15) is 31.7 Å². The average Bonchev–Trinajstić information content (AvgIpc) is 2.37. The van der Waals surface area contributed by atoms with Gasteiger partial charge in [0.2, 0.25) is 5.91 Å². The van der Waals surface area contributed by atoms with Gasteiger partial charge in [-0.2, -0.15) is 0 Å². The van der Waals surface area contributed by atoms with E-state index in [1.165, 1.54) is 0 Å². The van der Waals surface area contributed by atoms with Crippen molar-refractivity contribution < 1.29 is 4.79 Å². The predicted octanol–water partition coefficient (Wildman–Crippen LogP) is 1.99. The smallest absolute Gasteiger partial charge is 0.229 e. The van der Waals surface area contributed by atoms with Gasteiger partial charge < -0.3 is 10.6 Å². The lowest BCUT2D eigenvalue weighted by molar-refractivity contribution is -0.134. The molecule has 0 bridgehead atoms. The number of likely N-dealkylation sites (tertiary alicyclic amines) is 1. The molecule has 1 aromatic carbocycles. The van der Waals surface area contributed by atoms with Crippen molar-refractivity contribution in [3.63, 3.8) is 0 Å². The van der Waals surface area contributed by atoms with E-state index in [1.807, 2.05) is 42.2 Å². The fraction of sp³-hybridized carbons (Fsp3) is 0.533. The summed E-state index contributed by atoms with van der Waals surface area (Å²) in [5.41, 5.74) is 7.08. The maximum atomic E-state index is 12.5. The SMILES string of the molecule is CC1CC(N)CN(C(=O)C(C)c2ccccc2)C1. The number of rotatable bonds is 2. The van der Waals surface area contributed by atoms with Crippen LogP contribution in [0.3, 0.4) is 0 Å². The molecule has 1 heterocycles. The van der Waals surface area contributed by atoms with Crippen LogP contribution in [0, 0.1) is 5.92 Å². The minimum absolute atomic E-state index is 0.0799. The Morgan fingerprint density at radius 3 is 2.61 bits per heavy atom. The summed E-state index contributed by atoms with van der Waals surface area (Å²) in [5, 5.41) is 0. The van der Waals surface area contributed by atoms with Crippen molar-refractivity contribution in [1.82, 2.24) is 4.90 Å². The van der Waals surface area contributed by atoms with Crippen molar-refractivity contribution in [3.8, 4) is 0 Å². The summed E-state index contributed by atoms with van der Waals surface area (Å²) in [4.78, 5) is 14.4. The zero-order valence-corrected chi connectivity index (χ0v) is 11.2. The van der Waals surface area contributed by atoms with Gasteiger partial charge in [0.15, 0.2) is 0 Å². The maximum Gasteiger partial charge on any atom is 0.229 e. The van der Waals surface area contributed by atoms with Crippen molar-refractivity contribution in [3.05, 3.63) is 35.9 Å². The van der Waals surface area contributed by atoms with Crippen molar-refractivity contribution in [2.75, 3.05) is 13.1 Å². The molecule has 3 unspecified atom stereocenters. The third-order valence-electron chi connectivity index (χ3n) is 3.67. The van der Waals surface area contributed by atoms with E-state index in [0.717, 1.165) is 18.5 Å². The molecule has 1 aliphatic heterocycles. The highest BCUT2D eigenvalue weighted by Gasteiger charge is 2.28. The molecule has 2 rings (SSSR count). The van der Waals surface area contributed by atoms with E-state index in [9.17, 15) is 4.79 Å². The molecule has 1 aromatic rings. The van der Waals surface area contributed by atoms with E-state index in [4.69, 9.17) is 5.73 Å². The lowest BCUT2D eigenvalue weighted by Crippen LogP contribution is -2.49. The number of piperidine rings is 1. The van der Waals surface area contributed by atoms with Gasteiger partial charge in [0.25, 0.3) is 0 Å². The van der Waals surface area contributed by atoms with Gasteiger partial charge in [-0.3, -0.25) is 4.79 Å². The Labute approximate surface area is 109 Å². The van der Waals surface area contributed by atoms with Crippen molar-refractivity contribution in [2.45, 2.75) is 32.2 Å². The monoisotopic (exact) mass is 246 g/mol. The van der Waals surface area contributed by atoms with Gasteiger partial charge in [0, 0.05) is 19.1 Å². The second-order valence-corrected chi connectivity index (χ2v) is 5.48. The Morgan fingerprint density at radius 1 is 1.33 bits per heavy atom. The Kier molecular flexibility index (Phi) is 4.02. The first-order valence-electron chi connectivity index (χ1n) is 6.67. The molecule has 3 nitrogen and oxygen atoms in total. The van der Waals surface area contributed by atoms with Gasteiger partial charge in [0.05, 0.1) is 5.92 Å². The van der Waals surface area contributed by atoms with Gasteiger partial charge in [-0.25, -0.2) is 0 Å². The lowest BCUT2D eigenvalue weighted by Gasteiger charge is -2.36. The number of carbonyl (C=O) groups excluding carboxylic acids is 1. The number of benzene rings is 1. The van der Waals surface area contributed by atoms with Crippen LogP contribution in [0.2, 0.25) is 0 Å². The minimum Gasteiger partial charge on any atom is -0.340 e. The maximum absolute atomic E-state index is 12.5. The van der Waals surface area contributed by atoms with E-state index in [1.54, 1.807) is 0 Å². The van der Waals surface area contributed by atoms with Crippen LogP contribution in [-0.4, -0.2) is 29.9 Å². The molecule has 3 heteroatoms. The minimum atomic E-state index is -0.0799. The third kappa shape index (κ3) is 2.91. The standard InChI is InChI=1S/C15H22N2O/c1-11-8-14(16)10-17(9-11)15(18)12(2)13-6-4-3-5-7-13/h3-7,11-12,14H,8-10,16H2,1-2H3. The second-order valence-electron chi connectivity index (χ2n) is 5.48. The third-order valence-corrected chi connectivity index (χ3v) is 3.67. The molecule has 0 radical (unpaired) electrons. The fourth-order valence-electron chi connectivity index (χ4n) is 2.74. The van der Waals surface area contributed by atoms with Crippen molar-refractivity contribution in [1.29, 1.82) is 0 Å². The van der Waals surface area contributed by atoms with E-state index in [0.29, 0.717) is 12.5 Å². The van der Waals surface area contributed by atoms with Gasteiger partial charge in [-0.15, -0.1) is 0 Å². The molecule has 1 amide bonds. The summed E-state index contributed by atoms with van der Waals surface area (Å²) in [7, 11) is 0. The summed E-state index contributed by atoms with van der Waals surface area (Å²) in [6, 6.07) is 10.1. The van der Waals surface area contributed by atoms with E-state index < -0.39 is 0 Å². The second kappa shape index (κ2) is 5.53. The van der Waals surface area contributed by atoms with E-state index in [2.05, 4.69) is 6.92 Å². The zero-order chi connectivity index (χ0) is 13.1. The first-order valence-corrected chi connectivity index (χ1v) is 6.67. The van der Waals surface area contributed by atoms with Gasteiger partial charge in [-0.05, 0) is 24.8 Å². The quantitative estimate of drug-likeness (QED) is 0.867. The molecule has 1 fully saturated rings.